The van der Waals surface area contributed by atoms with Crippen LogP contribution in [0.3, 0.4) is 0 Å². The molecule has 1 aliphatic rings. The predicted octanol–water partition coefficient (Wildman–Crippen LogP) is 6.23. The largest absolute Gasteiger partial charge is 0.310 e. The Kier molecular flexibility index (Phi) is 9.45. The Balaban J connectivity index is 2.20. The van der Waals surface area contributed by atoms with Crippen molar-refractivity contribution in [2.75, 3.05) is 20.1 Å². The molecule has 4 nitrogen and oxygen atoms in total. The summed E-state index contributed by atoms with van der Waals surface area (Å²) in [7, 11) is 2.13. The summed E-state index contributed by atoms with van der Waals surface area (Å²) < 4.78 is 14.0. The van der Waals surface area contributed by atoms with Crippen molar-refractivity contribution in [3.63, 3.8) is 0 Å². The number of amidine groups is 1. The standard InChI is InChI=1S/C27H37FN4/c1-20(2)16-27(17-22(4)19-32(27)6)13-12-26(31-23(5)25(28)18-29)30-14-8-11-24-10-7-9-21(3)15-24/h7-11,15,18,25,29H,1,4,12-14,16-17,19H2,2-3,5-6H3/b11-8+,29-18?,30-26-,31-23-. The smallest absolute Gasteiger partial charge is 0.172 e. The number of alkyl halides is 1. The lowest BCUT2D eigenvalue weighted by molar-refractivity contribution is 0.162. The molecule has 1 saturated heterocycles. The minimum Gasteiger partial charge on any atom is -0.310 e. The molecule has 0 bridgehead atoms. The van der Waals surface area contributed by atoms with Gasteiger partial charge in [0.15, 0.2) is 6.17 Å². The van der Waals surface area contributed by atoms with E-state index in [9.17, 15) is 4.39 Å². The molecule has 1 aliphatic heterocycles. The van der Waals surface area contributed by atoms with Crippen LogP contribution >= 0.6 is 0 Å². The lowest BCUT2D eigenvalue weighted by Crippen LogP contribution is -2.41. The van der Waals surface area contributed by atoms with E-state index in [4.69, 9.17) is 5.41 Å². The highest BCUT2D eigenvalue weighted by Crippen LogP contribution is 2.39. The minimum atomic E-state index is -1.48. The van der Waals surface area contributed by atoms with E-state index in [1.165, 1.54) is 11.1 Å². The fraction of sp³-hybridized carbons (Fsp3) is 0.444. The highest BCUT2D eigenvalue weighted by Gasteiger charge is 2.40. The van der Waals surface area contributed by atoms with Gasteiger partial charge in [-0.15, -0.1) is 6.58 Å². The second-order valence-electron chi connectivity index (χ2n) is 9.04. The van der Waals surface area contributed by atoms with Gasteiger partial charge in [-0.1, -0.05) is 59.7 Å². The summed E-state index contributed by atoms with van der Waals surface area (Å²) in [5.74, 6) is 0.618. The monoisotopic (exact) mass is 436 g/mol. The summed E-state index contributed by atoms with van der Waals surface area (Å²) in [6.45, 7) is 15.4. The zero-order valence-electron chi connectivity index (χ0n) is 20.0. The zero-order valence-corrected chi connectivity index (χ0v) is 20.0. The number of aliphatic imine (C=N–C) groups is 2. The van der Waals surface area contributed by atoms with Gasteiger partial charge in [0, 0.05) is 24.7 Å². The van der Waals surface area contributed by atoms with Crippen molar-refractivity contribution in [1.82, 2.24) is 4.90 Å². The van der Waals surface area contributed by atoms with Gasteiger partial charge in [-0.3, -0.25) is 9.89 Å². The highest BCUT2D eigenvalue weighted by molar-refractivity contribution is 6.05. The van der Waals surface area contributed by atoms with Crippen molar-refractivity contribution < 1.29 is 4.39 Å². The number of nitrogens with zero attached hydrogens (tertiary/aromatic N) is 3. The van der Waals surface area contributed by atoms with E-state index in [2.05, 4.69) is 67.1 Å². The molecule has 0 saturated carbocycles. The van der Waals surface area contributed by atoms with Crippen molar-refractivity contribution in [3.05, 3.63) is 65.8 Å². The predicted molar refractivity (Wildman–Crippen MR) is 137 cm³/mol. The van der Waals surface area contributed by atoms with E-state index in [0.717, 1.165) is 43.2 Å². The summed E-state index contributed by atoms with van der Waals surface area (Å²) in [6.07, 6.45) is 6.60. The first kappa shape index (κ1) is 25.6. The molecule has 1 aromatic carbocycles. The average Bonchev–Trinajstić information content (AvgIpc) is 3.00. The maximum absolute atomic E-state index is 14.0. The van der Waals surface area contributed by atoms with Crippen LogP contribution in [-0.4, -0.2) is 54.5 Å². The molecular weight excluding hydrogens is 399 g/mol. The van der Waals surface area contributed by atoms with Crippen molar-refractivity contribution in [1.29, 1.82) is 5.41 Å². The lowest BCUT2D eigenvalue weighted by Gasteiger charge is -2.36. The van der Waals surface area contributed by atoms with Crippen LogP contribution < -0.4 is 0 Å². The van der Waals surface area contributed by atoms with Gasteiger partial charge in [-0.05, 0) is 52.6 Å². The summed E-state index contributed by atoms with van der Waals surface area (Å²) in [6, 6.07) is 8.27. The molecule has 1 heterocycles. The molecule has 0 amide bonds. The normalized spacial score (nSPS) is 21.3. The number of aryl methyl sites for hydroxylation is 1. The third-order valence-electron chi connectivity index (χ3n) is 5.88. The maximum Gasteiger partial charge on any atom is 0.172 e. The van der Waals surface area contributed by atoms with Gasteiger partial charge >= 0.3 is 0 Å². The fourth-order valence-electron chi connectivity index (χ4n) is 4.31. The van der Waals surface area contributed by atoms with Crippen molar-refractivity contribution >= 4 is 23.8 Å². The quantitative estimate of drug-likeness (QED) is 0.264. The number of nitrogens with one attached hydrogen (secondary N) is 1. The van der Waals surface area contributed by atoms with Gasteiger partial charge in [-0.25, -0.2) is 9.38 Å². The Morgan fingerprint density at radius 2 is 2.12 bits per heavy atom. The topological polar surface area (TPSA) is 51.8 Å². The molecule has 0 aliphatic carbocycles. The summed E-state index contributed by atoms with van der Waals surface area (Å²) in [5, 5.41) is 7.20. The Bertz CT molecular complexity index is 927. The van der Waals surface area contributed by atoms with E-state index < -0.39 is 6.17 Å². The van der Waals surface area contributed by atoms with E-state index in [1.54, 1.807) is 6.92 Å². The van der Waals surface area contributed by atoms with Crippen LogP contribution in [0.25, 0.3) is 6.08 Å². The number of halogens is 1. The van der Waals surface area contributed by atoms with Crippen LogP contribution in [0.15, 0.2) is 64.6 Å². The number of hydrogen-bond acceptors (Lipinski definition) is 3. The summed E-state index contributed by atoms with van der Waals surface area (Å²) in [4.78, 5) is 11.5. The van der Waals surface area contributed by atoms with E-state index in [1.807, 2.05) is 18.2 Å². The van der Waals surface area contributed by atoms with Crippen LogP contribution in [0.2, 0.25) is 0 Å². The highest BCUT2D eigenvalue weighted by atomic mass is 19.1. The van der Waals surface area contributed by atoms with Crippen molar-refractivity contribution in [3.8, 4) is 0 Å². The molecule has 1 N–H and O–H groups in total. The van der Waals surface area contributed by atoms with E-state index in [0.29, 0.717) is 18.8 Å². The molecule has 0 spiro atoms. The molecule has 2 rings (SSSR count). The van der Waals surface area contributed by atoms with Crippen molar-refractivity contribution in [2.45, 2.75) is 58.2 Å². The molecule has 172 valence electrons. The first-order valence-corrected chi connectivity index (χ1v) is 11.1. The second kappa shape index (κ2) is 11.8. The van der Waals surface area contributed by atoms with E-state index in [-0.39, 0.29) is 11.3 Å². The Morgan fingerprint density at radius 1 is 1.38 bits per heavy atom. The van der Waals surface area contributed by atoms with Gasteiger partial charge < -0.3 is 5.41 Å². The fourth-order valence-corrected chi connectivity index (χ4v) is 4.31. The van der Waals surface area contributed by atoms with Gasteiger partial charge in [-0.2, -0.15) is 0 Å². The lowest BCUT2D eigenvalue weighted by atomic mass is 9.83. The molecule has 1 fully saturated rings. The van der Waals surface area contributed by atoms with Crippen LogP contribution in [0.1, 0.15) is 50.7 Å². The van der Waals surface area contributed by atoms with Crippen LogP contribution in [0.5, 0.6) is 0 Å². The van der Waals surface area contributed by atoms with Crippen molar-refractivity contribution in [2.24, 2.45) is 9.98 Å². The SMILES string of the molecule is C=C(C)CC1(CCC(=N/C/C=C/c2cccc(C)c2)/N=C(/C)C(F)C=N)CC(=C)CN1C. The second-order valence-corrected chi connectivity index (χ2v) is 9.04. The molecule has 5 heteroatoms. The molecule has 2 unspecified atom stereocenters. The molecule has 0 aromatic heterocycles. The number of likely N-dealkylation sites (tertiary alicyclic amines) is 1. The van der Waals surface area contributed by atoms with Crippen LogP contribution in [0, 0.1) is 12.3 Å². The van der Waals surface area contributed by atoms with Gasteiger partial charge in [0.2, 0.25) is 0 Å². The first-order chi connectivity index (χ1) is 15.1. The Hall–Kier alpha value is -2.66. The molecule has 0 radical (unpaired) electrons. The third kappa shape index (κ3) is 7.49. The number of hydrogen-bond donors (Lipinski definition) is 1. The number of likely N-dealkylation sites (N-methyl/N-ethyl adjacent to an activating group) is 1. The molecule has 2 atom stereocenters. The first-order valence-electron chi connectivity index (χ1n) is 11.1. The van der Waals surface area contributed by atoms with Gasteiger partial charge in [0.05, 0.1) is 12.3 Å². The molecule has 32 heavy (non-hydrogen) atoms. The number of benzene rings is 1. The average molecular weight is 437 g/mol. The van der Waals surface area contributed by atoms with Crippen LogP contribution in [-0.2, 0) is 0 Å². The number of rotatable bonds is 10. The summed E-state index contributed by atoms with van der Waals surface area (Å²) in [5.41, 5.74) is 4.91. The molecular formula is C27H37FN4. The maximum atomic E-state index is 14.0. The third-order valence-corrected chi connectivity index (χ3v) is 5.88. The molecule has 1 aromatic rings. The summed E-state index contributed by atoms with van der Waals surface area (Å²) >= 11 is 0. The van der Waals surface area contributed by atoms with E-state index >= 15 is 0 Å². The van der Waals surface area contributed by atoms with Gasteiger partial charge in [0.1, 0.15) is 5.84 Å². The van der Waals surface area contributed by atoms with Crippen LogP contribution in [0.4, 0.5) is 4.39 Å². The minimum absolute atomic E-state index is 0.0544. The Labute approximate surface area is 192 Å². The zero-order chi connectivity index (χ0) is 23.7. The van der Waals surface area contributed by atoms with Gasteiger partial charge in [0.25, 0.3) is 0 Å². The Morgan fingerprint density at radius 3 is 2.72 bits per heavy atom.